The van der Waals surface area contributed by atoms with Gasteiger partial charge in [0.25, 0.3) is 0 Å². The van der Waals surface area contributed by atoms with Crippen LogP contribution in [0, 0.1) is 13.8 Å². The van der Waals surface area contributed by atoms with Crippen LogP contribution in [0.5, 0.6) is 5.75 Å². The number of rotatable bonds is 6. The molecule has 6 nitrogen and oxygen atoms in total. The number of ether oxygens (including phenoxy) is 2. The first-order valence-corrected chi connectivity index (χ1v) is 7.93. The molecule has 6 heteroatoms. The summed E-state index contributed by atoms with van der Waals surface area (Å²) in [6.07, 6.45) is 0. The van der Waals surface area contributed by atoms with E-state index in [9.17, 15) is 9.59 Å². The second-order valence-corrected chi connectivity index (χ2v) is 5.57. The Bertz CT molecular complexity index is 759. The average Bonchev–Trinajstić information content (AvgIpc) is 2.59. The highest BCUT2D eigenvalue weighted by atomic mass is 16.5. The summed E-state index contributed by atoms with van der Waals surface area (Å²) in [5.74, 6) is 0.351. The number of benzene rings is 2. The SMILES string of the molecule is COC(=O)c1cccc(NC(=O)NCCOc2ccc(C)cc2C)c1. The van der Waals surface area contributed by atoms with Crippen LogP contribution in [0.25, 0.3) is 0 Å². The number of hydrogen-bond donors (Lipinski definition) is 2. The van der Waals surface area contributed by atoms with Crippen LogP contribution in [-0.4, -0.2) is 32.3 Å². The summed E-state index contributed by atoms with van der Waals surface area (Å²) in [5.41, 5.74) is 3.12. The van der Waals surface area contributed by atoms with E-state index < -0.39 is 5.97 Å². The summed E-state index contributed by atoms with van der Waals surface area (Å²) >= 11 is 0. The summed E-state index contributed by atoms with van der Waals surface area (Å²) in [4.78, 5) is 23.4. The number of methoxy groups -OCH3 is 1. The number of amides is 2. The Hall–Kier alpha value is -3.02. The molecule has 2 rings (SSSR count). The number of hydrogen-bond acceptors (Lipinski definition) is 4. The van der Waals surface area contributed by atoms with E-state index in [0.717, 1.165) is 11.3 Å². The fourth-order valence-electron chi connectivity index (χ4n) is 2.30. The van der Waals surface area contributed by atoms with Crippen molar-refractivity contribution in [3.05, 3.63) is 59.2 Å². The molecule has 0 saturated carbocycles. The molecule has 2 aromatic carbocycles. The van der Waals surface area contributed by atoms with E-state index in [4.69, 9.17) is 4.74 Å². The number of carbonyl (C=O) groups excluding carboxylic acids is 2. The zero-order valence-corrected chi connectivity index (χ0v) is 14.6. The summed E-state index contributed by atoms with van der Waals surface area (Å²) < 4.78 is 10.3. The number of anilines is 1. The van der Waals surface area contributed by atoms with Crippen molar-refractivity contribution in [2.75, 3.05) is 25.6 Å². The molecule has 0 bridgehead atoms. The van der Waals surface area contributed by atoms with E-state index in [1.165, 1.54) is 12.7 Å². The Labute approximate surface area is 147 Å². The standard InChI is InChI=1S/C19H22N2O4/c1-13-7-8-17(14(2)11-13)25-10-9-20-19(23)21-16-6-4-5-15(12-16)18(22)24-3/h4-8,11-12H,9-10H2,1-3H3,(H2,20,21,23). The topological polar surface area (TPSA) is 76.7 Å². The fraction of sp³-hybridized carbons (Fsp3) is 0.263. The number of esters is 1. The van der Waals surface area contributed by atoms with Crippen LogP contribution in [0.2, 0.25) is 0 Å². The van der Waals surface area contributed by atoms with Crippen molar-refractivity contribution in [3.8, 4) is 5.75 Å². The first-order valence-electron chi connectivity index (χ1n) is 7.93. The molecule has 0 aliphatic rings. The molecule has 0 heterocycles. The third kappa shape index (κ3) is 5.53. The van der Waals surface area contributed by atoms with Crippen molar-refractivity contribution in [2.45, 2.75) is 13.8 Å². The predicted molar refractivity (Wildman–Crippen MR) is 96.2 cm³/mol. The zero-order chi connectivity index (χ0) is 18.2. The predicted octanol–water partition coefficient (Wildman–Crippen LogP) is 3.29. The monoisotopic (exact) mass is 342 g/mol. The molecular weight excluding hydrogens is 320 g/mol. The van der Waals surface area contributed by atoms with E-state index in [2.05, 4.69) is 15.4 Å². The molecule has 0 spiro atoms. The van der Waals surface area contributed by atoms with Gasteiger partial charge < -0.3 is 20.1 Å². The van der Waals surface area contributed by atoms with Crippen molar-refractivity contribution < 1.29 is 19.1 Å². The van der Waals surface area contributed by atoms with Gasteiger partial charge in [0.05, 0.1) is 19.2 Å². The minimum absolute atomic E-state index is 0.357. The van der Waals surface area contributed by atoms with Crippen molar-refractivity contribution >= 4 is 17.7 Å². The minimum atomic E-state index is -0.453. The van der Waals surface area contributed by atoms with Crippen LogP contribution >= 0.6 is 0 Å². The summed E-state index contributed by atoms with van der Waals surface area (Å²) in [6, 6.07) is 12.1. The van der Waals surface area contributed by atoms with Gasteiger partial charge in [0, 0.05) is 5.69 Å². The van der Waals surface area contributed by atoms with Crippen molar-refractivity contribution in [1.29, 1.82) is 0 Å². The molecule has 2 aromatic rings. The third-order valence-electron chi connectivity index (χ3n) is 3.52. The maximum atomic E-state index is 11.9. The Kier molecular flexibility index (Phi) is 6.39. The van der Waals surface area contributed by atoms with Gasteiger partial charge in [0.15, 0.2) is 0 Å². The van der Waals surface area contributed by atoms with Crippen LogP contribution < -0.4 is 15.4 Å². The Morgan fingerprint density at radius 1 is 1.08 bits per heavy atom. The van der Waals surface area contributed by atoms with Gasteiger partial charge in [-0.2, -0.15) is 0 Å². The Morgan fingerprint density at radius 2 is 1.88 bits per heavy atom. The van der Waals surface area contributed by atoms with E-state index >= 15 is 0 Å². The quantitative estimate of drug-likeness (QED) is 0.624. The minimum Gasteiger partial charge on any atom is -0.491 e. The summed E-state index contributed by atoms with van der Waals surface area (Å²) in [6.45, 7) is 4.73. The maximum Gasteiger partial charge on any atom is 0.337 e. The lowest BCUT2D eigenvalue weighted by Crippen LogP contribution is -2.32. The zero-order valence-electron chi connectivity index (χ0n) is 14.6. The Morgan fingerprint density at radius 3 is 2.60 bits per heavy atom. The van der Waals surface area contributed by atoms with E-state index in [-0.39, 0.29) is 6.03 Å². The van der Waals surface area contributed by atoms with Gasteiger partial charge in [-0.1, -0.05) is 23.8 Å². The van der Waals surface area contributed by atoms with Crippen molar-refractivity contribution in [3.63, 3.8) is 0 Å². The lowest BCUT2D eigenvalue weighted by molar-refractivity contribution is 0.0600. The number of nitrogens with one attached hydrogen (secondary N) is 2. The molecule has 0 unspecified atom stereocenters. The van der Waals surface area contributed by atoms with Gasteiger partial charge in [-0.25, -0.2) is 9.59 Å². The molecule has 132 valence electrons. The van der Waals surface area contributed by atoms with Gasteiger partial charge in [-0.3, -0.25) is 0 Å². The van der Waals surface area contributed by atoms with E-state index in [0.29, 0.717) is 24.4 Å². The third-order valence-corrected chi connectivity index (χ3v) is 3.52. The normalized spacial score (nSPS) is 10.0. The van der Waals surface area contributed by atoms with Crippen molar-refractivity contribution in [1.82, 2.24) is 5.32 Å². The van der Waals surface area contributed by atoms with Gasteiger partial charge >= 0.3 is 12.0 Å². The highest BCUT2D eigenvalue weighted by Crippen LogP contribution is 2.18. The molecule has 2 N–H and O–H groups in total. The van der Waals surface area contributed by atoms with Crippen molar-refractivity contribution in [2.24, 2.45) is 0 Å². The molecule has 0 aliphatic heterocycles. The molecular formula is C19H22N2O4. The second kappa shape index (κ2) is 8.73. The van der Waals surface area contributed by atoms with E-state index in [1.54, 1.807) is 24.3 Å². The molecule has 0 aliphatic carbocycles. The molecule has 0 atom stereocenters. The first-order chi connectivity index (χ1) is 12.0. The van der Waals surface area contributed by atoms with Gasteiger partial charge in [-0.05, 0) is 43.7 Å². The smallest absolute Gasteiger partial charge is 0.337 e. The van der Waals surface area contributed by atoms with Crippen LogP contribution in [0.4, 0.5) is 10.5 Å². The Balaban J connectivity index is 1.78. The van der Waals surface area contributed by atoms with Crippen LogP contribution in [-0.2, 0) is 4.74 Å². The summed E-state index contributed by atoms with van der Waals surface area (Å²) in [7, 11) is 1.31. The highest BCUT2D eigenvalue weighted by Gasteiger charge is 2.07. The number of urea groups is 1. The molecule has 25 heavy (non-hydrogen) atoms. The largest absolute Gasteiger partial charge is 0.491 e. The number of carbonyl (C=O) groups is 2. The highest BCUT2D eigenvalue weighted by molar-refractivity contribution is 5.93. The molecule has 2 amide bonds. The van der Waals surface area contributed by atoms with Crippen LogP contribution in [0.3, 0.4) is 0 Å². The molecule has 0 radical (unpaired) electrons. The summed E-state index contributed by atoms with van der Waals surface area (Å²) in [5, 5.41) is 5.37. The van der Waals surface area contributed by atoms with E-state index in [1.807, 2.05) is 32.0 Å². The molecule has 0 aromatic heterocycles. The maximum absolute atomic E-state index is 11.9. The number of aryl methyl sites for hydroxylation is 2. The van der Waals surface area contributed by atoms with Gasteiger partial charge in [0.1, 0.15) is 12.4 Å². The van der Waals surface area contributed by atoms with Gasteiger partial charge in [0.2, 0.25) is 0 Å². The van der Waals surface area contributed by atoms with Crippen LogP contribution in [0.1, 0.15) is 21.5 Å². The second-order valence-electron chi connectivity index (χ2n) is 5.57. The van der Waals surface area contributed by atoms with Crippen LogP contribution in [0.15, 0.2) is 42.5 Å². The first kappa shape index (κ1) is 18.3. The average molecular weight is 342 g/mol. The van der Waals surface area contributed by atoms with Gasteiger partial charge in [-0.15, -0.1) is 0 Å². The molecule has 0 saturated heterocycles. The lowest BCUT2D eigenvalue weighted by atomic mass is 10.1. The fourth-order valence-corrected chi connectivity index (χ4v) is 2.30. The molecule has 0 fully saturated rings. The lowest BCUT2D eigenvalue weighted by Gasteiger charge is -2.11.